The summed E-state index contributed by atoms with van der Waals surface area (Å²) in [5, 5.41) is 17.3. The van der Waals surface area contributed by atoms with E-state index in [-0.39, 0.29) is 16.0 Å². The van der Waals surface area contributed by atoms with Crippen LogP contribution in [0, 0.1) is 0 Å². The highest BCUT2D eigenvalue weighted by Crippen LogP contribution is 2.17. The van der Waals surface area contributed by atoms with Gasteiger partial charge in [0.25, 0.3) is 0 Å². The maximum absolute atomic E-state index is 10.6. The number of carboxylic acids is 2. The standard InChI is InChI=1S/C8H6O4S/c9-7(10)4-2-1-3-5(13)6(4)8(11)12/h1-2H,3H2,(H,9,10)(H,11,12). The predicted molar refractivity (Wildman–Crippen MR) is 48.7 cm³/mol. The number of hydrogen-bond acceptors (Lipinski definition) is 3. The molecular weight excluding hydrogens is 192 g/mol. The van der Waals surface area contributed by atoms with Gasteiger partial charge in [-0.15, -0.1) is 0 Å². The van der Waals surface area contributed by atoms with Crippen molar-refractivity contribution in [3.05, 3.63) is 23.3 Å². The Hall–Kier alpha value is -1.49. The van der Waals surface area contributed by atoms with E-state index < -0.39 is 11.9 Å². The molecule has 0 saturated heterocycles. The molecular formula is C8H6O4S. The first-order valence-corrected chi connectivity index (χ1v) is 3.85. The monoisotopic (exact) mass is 198 g/mol. The van der Waals surface area contributed by atoms with Gasteiger partial charge in [0.1, 0.15) is 0 Å². The summed E-state index contributed by atoms with van der Waals surface area (Å²) in [6, 6.07) is 0. The Labute approximate surface area is 79.2 Å². The molecule has 0 fully saturated rings. The zero-order valence-electron chi connectivity index (χ0n) is 6.48. The molecule has 1 aliphatic carbocycles. The second-order valence-corrected chi connectivity index (χ2v) is 2.92. The smallest absolute Gasteiger partial charge is 0.337 e. The van der Waals surface area contributed by atoms with Gasteiger partial charge >= 0.3 is 11.9 Å². The zero-order chi connectivity index (χ0) is 10.0. The normalized spacial score (nSPS) is 16.2. The van der Waals surface area contributed by atoms with Crippen LogP contribution in [0.4, 0.5) is 0 Å². The highest BCUT2D eigenvalue weighted by Gasteiger charge is 2.23. The molecule has 0 spiro atoms. The molecule has 0 aromatic rings. The van der Waals surface area contributed by atoms with Crippen LogP contribution in [0.5, 0.6) is 0 Å². The van der Waals surface area contributed by atoms with Gasteiger partial charge in [-0.1, -0.05) is 24.4 Å². The zero-order valence-corrected chi connectivity index (χ0v) is 7.30. The van der Waals surface area contributed by atoms with Crippen LogP contribution in [0.3, 0.4) is 0 Å². The van der Waals surface area contributed by atoms with Crippen LogP contribution in [0.15, 0.2) is 23.3 Å². The Morgan fingerprint density at radius 2 is 1.92 bits per heavy atom. The fraction of sp³-hybridized carbons (Fsp3) is 0.125. The van der Waals surface area contributed by atoms with Crippen molar-refractivity contribution >= 4 is 29.0 Å². The molecule has 68 valence electrons. The Kier molecular flexibility index (Phi) is 2.57. The van der Waals surface area contributed by atoms with Crippen molar-refractivity contribution < 1.29 is 19.8 Å². The molecule has 1 aliphatic rings. The van der Waals surface area contributed by atoms with Crippen molar-refractivity contribution in [2.24, 2.45) is 0 Å². The van der Waals surface area contributed by atoms with Gasteiger partial charge in [-0.2, -0.15) is 0 Å². The molecule has 0 amide bonds. The molecule has 1 rings (SSSR count). The SMILES string of the molecule is O=C(O)C1=C(C(=O)O)C(=S)CC=C1. The summed E-state index contributed by atoms with van der Waals surface area (Å²) in [6.45, 7) is 0. The van der Waals surface area contributed by atoms with Crippen LogP contribution in [0.25, 0.3) is 0 Å². The molecule has 5 heteroatoms. The molecule has 0 bridgehead atoms. The van der Waals surface area contributed by atoms with Gasteiger partial charge in [-0.05, 0) is 0 Å². The number of carboxylic acid groups (broad SMARTS) is 2. The lowest BCUT2D eigenvalue weighted by Gasteiger charge is -2.09. The molecule has 0 aromatic carbocycles. The van der Waals surface area contributed by atoms with E-state index in [2.05, 4.69) is 0 Å². The molecule has 0 aliphatic heterocycles. The van der Waals surface area contributed by atoms with E-state index in [9.17, 15) is 9.59 Å². The van der Waals surface area contributed by atoms with Crippen LogP contribution < -0.4 is 0 Å². The molecule has 2 N–H and O–H groups in total. The van der Waals surface area contributed by atoms with Gasteiger partial charge < -0.3 is 10.2 Å². The van der Waals surface area contributed by atoms with Crippen LogP contribution in [0.2, 0.25) is 0 Å². The van der Waals surface area contributed by atoms with Crippen LogP contribution in [-0.2, 0) is 9.59 Å². The number of rotatable bonds is 2. The third-order valence-corrected chi connectivity index (χ3v) is 1.95. The fourth-order valence-corrected chi connectivity index (χ4v) is 1.33. The molecule has 0 atom stereocenters. The fourth-order valence-electron chi connectivity index (χ4n) is 1.03. The highest BCUT2D eigenvalue weighted by molar-refractivity contribution is 7.81. The van der Waals surface area contributed by atoms with Gasteiger partial charge in [0, 0.05) is 11.3 Å². The number of thiocarbonyl (C=S) groups is 1. The minimum absolute atomic E-state index is 0.160. The first kappa shape index (κ1) is 9.60. The lowest BCUT2D eigenvalue weighted by atomic mass is 9.97. The van der Waals surface area contributed by atoms with E-state index in [0.717, 1.165) is 0 Å². The summed E-state index contributed by atoms with van der Waals surface area (Å²) in [7, 11) is 0. The Morgan fingerprint density at radius 3 is 2.31 bits per heavy atom. The highest BCUT2D eigenvalue weighted by atomic mass is 32.1. The molecule has 0 radical (unpaired) electrons. The second kappa shape index (κ2) is 3.49. The average Bonchev–Trinajstić information content (AvgIpc) is 2.02. The largest absolute Gasteiger partial charge is 0.478 e. The second-order valence-electron chi connectivity index (χ2n) is 2.43. The first-order chi connectivity index (χ1) is 6.04. The maximum atomic E-state index is 10.6. The molecule has 0 heterocycles. The van der Waals surface area contributed by atoms with E-state index in [0.29, 0.717) is 6.42 Å². The molecule has 0 saturated carbocycles. The summed E-state index contributed by atoms with van der Waals surface area (Å²) in [5.74, 6) is -2.55. The average molecular weight is 198 g/mol. The summed E-state index contributed by atoms with van der Waals surface area (Å²) >= 11 is 4.75. The van der Waals surface area contributed by atoms with E-state index >= 15 is 0 Å². The third kappa shape index (κ3) is 1.81. The van der Waals surface area contributed by atoms with Crippen molar-refractivity contribution in [3.63, 3.8) is 0 Å². The van der Waals surface area contributed by atoms with Crippen LogP contribution >= 0.6 is 12.2 Å². The Balaban J connectivity index is 3.28. The van der Waals surface area contributed by atoms with Crippen molar-refractivity contribution in [3.8, 4) is 0 Å². The van der Waals surface area contributed by atoms with Crippen molar-refractivity contribution in [1.29, 1.82) is 0 Å². The maximum Gasteiger partial charge on any atom is 0.337 e. The third-order valence-electron chi connectivity index (χ3n) is 1.58. The first-order valence-electron chi connectivity index (χ1n) is 3.44. The lowest BCUT2D eigenvalue weighted by Crippen LogP contribution is -2.18. The van der Waals surface area contributed by atoms with Gasteiger partial charge in [0.05, 0.1) is 11.1 Å². The van der Waals surface area contributed by atoms with Crippen molar-refractivity contribution in [1.82, 2.24) is 0 Å². The Bertz CT molecular complexity index is 351. The number of aliphatic carboxylic acids is 2. The lowest BCUT2D eigenvalue weighted by molar-refractivity contribution is -0.135. The molecule has 4 nitrogen and oxygen atoms in total. The number of hydrogen-bond donors (Lipinski definition) is 2. The summed E-state index contributed by atoms with van der Waals surface area (Å²) in [6.07, 6.45) is 3.12. The summed E-state index contributed by atoms with van der Waals surface area (Å²) in [4.78, 5) is 21.4. The van der Waals surface area contributed by atoms with E-state index in [1.807, 2.05) is 0 Å². The Morgan fingerprint density at radius 1 is 1.31 bits per heavy atom. The van der Waals surface area contributed by atoms with Gasteiger partial charge in [0.15, 0.2) is 0 Å². The molecule has 0 unspecified atom stereocenters. The van der Waals surface area contributed by atoms with E-state index in [1.165, 1.54) is 12.2 Å². The van der Waals surface area contributed by atoms with Gasteiger partial charge in [0.2, 0.25) is 0 Å². The predicted octanol–water partition coefficient (Wildman–Crippen LogP) is 0.782. The van der Waals surface area contributed by atoms with Crippen LogP contribution in [0.1, 0.15) is 6.42 Å². The minimum atomic E-state index is -1.29. The quantitative estimate of drug-likeness (QED) is 0.641. The van der Waals surface area contributed by atoms with Crippen molar-refractivity contribution in [2.45, 2.75) is 6.42 Å². The summed E-state index contributed by atoms with van der Waals surface area (Å²) < 4.78 is 0. The number of carbonyl (C=O) groups is 2. The number of allylic oxidation sites excluding steroid dienone is 1. The van der Waals surface area contributed by atoms with E-state index in [1.54, 1.807) is 0 Å². The van der Waals surface area contributed by atoms with E-state index in [4.69, 9.17) is 22.4 Å². The molecule has 13 heavy (non-hydrogen) atoms. The van der Waals surface area contributed by atoms with Crippen LogP contribution in [-0.4, -0.2) is 27.0 Å². The topological polar surface area (TPSA) is 74.6 Å². The van der Waals surface area contributed by atoms with Gasteiger partial charge in [-0.3, -0.25) is 0 Å². The summed E-state index contributed by atoms with van der Waals surface area (Å²) in [5.41, 5.74) is -0.520. The minimum Gasteiger partial charge on any atom is -0.478 e. The van der Waals surface area contributed by atoms with Gasteiger partial charge in [-0.25, -0.2) is 9.59 Å². The molecule has 0 aromatic heterocycles. The van der Waals surface area contributed by atoms with Crippen molar-refractivity contribution in [2.75, 3.05) is 0 Å².